The Bertz CT molecular complexity index is 891. The van der Waals surface area contributed by atoms with Crippen molar-refractivity contribution in [1.82, 2.24) is 15.0 Å². The van der Waals surface area contributed by atoms with Gasteiger partial charge in [-0.1, -0.05) is 12.1 Å². The zero-order valence-electron chi connectivity index (χ0n) is 14.3. The number of amides is 2. The number of nitrogens with zero attached hydrogens (tertiary/aromatic N) is 2. The van der Waals surface area contributed by atoms with Gasteiger partial charge in [0.1, 0.15) is 17.8 Å². The first-order chi connectivity index (χ1) is 12.1. The Kier molecular flexibility index (Phi) is 4.74. The van der Waals surface area contributed by atoms with Gasteiger partial charge < -0.3 is 14.8 Å². The lowest BCUT2D eigenvalue weighted by Crippen LogP contribution is -2.35. The minimum atomic E-state index is -0.347. The van der Waals surface area contributed by atoms with Crippen LogP contribution in [0, 0.1) is 0 Å². The summed E-state index contributed by atoms with van der Waals surface area (Å²) in [6.07, 6.45) is 1.57. The quantitative estimate of drug-likeness (QED) is 0.748. The standard InChI is InChI=1S/C18H20N4O3/c1-12(14-10-13(24-2)8-9-17(14)25-3)20-18(23)21-22-11-19-15-6-4-5-7-16(15)22/h4-12H,1-3H3,(H2,20,21,23)/t12-/m1/s1. The molecule has 0 aliphatic rings. The van der Waals surface area contributed by atoms with Crippen molar-refractivity contribution in [3.63, 3.8) is 0 Å². The molecule has 0 aliphatic heterocycles. The molecule has 3 aromatic rings. The zero-order valence-corrected chi connectivity index (χ0v) is 14.3. The third kappa shape index (κ3) is 3.50. The van der Waals surface area contributed by atoms with E-state index < -0.39 is 0 Å². The van der Waals surface area contributed by atoms with Crippen molar-refractivity contribution in [3.05, 3.63) is 54.4 Å². The molecule has 0 fully saturated rings. The van der Waals surface area contributed by atoms with Crippen LogP contribution in [0.1, 0.15) is 18.5 Å². The molecule has 2 aromatic carbocycles. The second kappa shape index (κ2) is 7.12. The lowest BCUT2D eigenvalue weighted by Gasteiger charge is -2.19. The third-order valence-corrected chi connectivity index (χ3v) is 3.93. The maximum absolute atomic E-state index is 12.3. The molecule has 0 aliphatic carbocycles. The summed E-state index contributed by atoms with van der Waals surface area (Å²) in [7, 11) is 3.19. The lowest BCUT2D eigenvalue weighted by molar-refractivity contribution is 0.246. The molecule has 7 heteroatoms. The molecule has 3 rings (SSSR count). The first-order valence-electron chi connectivity index (χ1n) is 7.84. The highest BCUT2D eigenvalue weighted by atomic mass is 16.5. The van der Waals surface area contributed by atoms with Gasteiger partial charge in [0.25, 0.3) is 0 Å². The van der Waals surface area contributed by atoms with Crippen LogP contribution in [0.3, 0.4) is 0 Å². The zero-order chi connectivity index (χ0) is 17.8. The molecular formula is C18H20N4O3. The summed E-state index contributed by atoms with van der Waals surface area (Å²) < 4.78 is 12.2. The van der Waals surface area contributed by atoms with E-state index in [-0.39, 0.29) is 12.1 Å². The van der Waals surface area contributed by atoms with Crippen LogP contribution in [0.15, 0.2) is 48.8 Å². The van der Waals surface area contributed by atoms with Crippen molar-refractivity contribution >= 4 is 17.1 Å². The van der Waals surface area contributed by atoms with Crippen LogP contribution in [-0.2, 0) is 0 Å². The van der Waals surface area contributed by atoms with Gasteiger partial charge in [-0.25, -0.2) is 19.9 Å². The van der Waals surface area contributed by atoms with Crippen molar-refractivity contribution in [2.45, 2.75) is 13.0 Å². The maximum atomic E-state index is 12.3. The number of para-hydroxylation sites is 2. The number of hydrogen-bond donors (Lipinski definition) is 2. The molecule has 0 saturated carbocycles. The molecule has 7 nitrogen and oxygen atoms in total. The molecule has 25 heavy (non-hydrogen) atoms. The van der Waals surface area contributed by atoms with Crippen molar-refractivity contribution in [2.75, 3.05) is 19.6 Å². The number of rotatable bonds is 5. The summed E-state index contributed by atoms with van der Waals surface area (Å²) >= 11 is 0. The highest BCUT2D eigenvalue weighted by Gasteiger charge is 2.16. The normalized spacial score (nSPS) is 11.8. The van der Waals surface area contributed by atoms with Crippen molar-refractivity contribution in [2.24, 2.45) is 0 Å². The largest absolute Gasteiger partial charge is 0.497 e. The van der Waals surface area contributed by atoms with E-state index in [4.69, 9.17) is 9.47 Å². The molecule has 0 spiro atoms. The fourth-order valence-electron chi connectivity index (χ4n) is 2.64. The van der Waals surface area contributed by atoms with E-state index in [1.54, 1.807) is 25.2 Å². The highest BCUT2D eigenvalue weighted by Crippen LogP contribution is 2.29. The Hall–Kier alpha value is -3.22. The van der Waals surface area contributed by atoms with Gasteiger partial charge in [-0.2, -0.15) is 0 Å². The first kappa shape index (κ1) is 16.6. The lowest BCUT2D eigenvalue weighted by atomic mass is 10.1. The second-order valence-corrected chi connectivity index (χ2v) is 5.52. The van der Waals surface area contributed by atoms with Crippen LogP contribution in [-0.4, -0.2) is 29.9 Å². The van der Waals surface area contributed by atoms with Crippen molar-refractivity contribution in [1.29, 1.82) is 0 Å². The molecule has 1 atom stereocenters. The molecule has 1 heterocycles. The number of carbonyl (C=O) groups is 1. The number of urea groups is 1. The van der Waals surface area contributed by atoms with Gasteiger partial charge in [0.05, 0.1) is 31.3 Å². The smallest absolute Gasteiger partial charge is 0.334 e. The number of ether oxygens (including phenoxy) is 2. The topological polar surface area (TPSA) is 77.4 Å². The van der Waals surface area contributed by atoms with Crippen LogP contribution in [0.25, 0.3) is 11.0 Å². The van der Waals surface area contributed by atoms with Crippen LogP contribution >= 0.6 is 0 Å². The molecule has 0 saturated heterocycles. The molecule has 2 N–H and O–H groups in total. The average molecular weight is 340 g/mol. The number of fused-ring (bicyclic) bond motifs is 1. The summed E-state index contributed by atoms with van der Waals surface area (Å²) in [5.41, 5.74) is 5.22. The highest BCUT2D eigenvalue weighted by molar-refractivity contribution is 5.85. The van der Waals surface area contributed by atoms with Crippen molar-refractivity contribution < 1.29 is 14.3 Å². The fraction of sp³-hybridized carbons (Fsp3) is 0.222. The molecule has 0 bridgehead atoms. The molecule has 0 unspecified atom stereocenters. The number of carbonyl (C=O) groups excluding carboxylic acids is 1. The van der Waals surface area contributed by atoms with E-state index in [2.05, 4.69) is 15.7 Å². The summed E-state index contributed by atoms with van der Waals surface area (Å²) in [6.45, 7) is 1.88. The van der Waals surface area contributed by atoms with Gasteiger partial charge in [0.15, 0.2) is 0 Å². The van der Waals surface area contributed by atoms with Gasteiger partial charge in [0.2, 0.25) is 0 Å². The molecule has 130 valence electrons. The third-order valence-electron chi connectivity index (χ3n) is 3.93. The summed E-state index contributed by atoms with van der Waals surface area (Å²) in [5, 5.41) is 2.89. The summed E-state index contributed by atoms with van der Waals surface area (Å²) in [6, 6.07) is 12.4. The number of benzene rings is 2. The number of methoxy groups -OCH3 is 2. The predicted octanol–water partition coefficient (Wildman–Crippen LogP) is 3.07. The number of aromatic nitrogens is 2. The van der Waals surface area contributed by atoms with Crippen molar-refractivity contribution in [3.8, 4) is 11.5 Å². The van der Waals surface area contributed by atoms with Crippen LogP contribution in [0.2, 0.25) is 0 Å². The van der Waals surface area contributed by atoms with E-state index >= 15 is 0 Å². The minimum Gasteiger partial charge on any atom is -0.497 e. The van der Waals surface area contributed by atoms with E-state index in [0.29, 0.717) is 11.5 Å². The Morgan fingerprint density at radius 1 is 1.16 bits per heavy atom. The van der Waals surface area contributed by atoms with Gasteiger partial charge in [-0.15, -0.1) is 0 Å². The Balaban J connectivity index is 1.74. The maximum Gasteiger partial charge on any atom is 0.334 e. The number of imidazole rings is 1. The summed E-state index contributed by atoms with van der Waals surface area (Å²) in [5.74, 6) is 1.38. The van der Waals surface area contributed by atoms with Gasteiger partial charge in [-0.05, 0) is 37.3 Å². The van der Waals surface area contributed by atoms with Gasteiger partial charge in [0, 0.05) is 5.56 Å². The van der Waals surface area contributed by atoms with Crippen LogP contribution in [0.4, 0.5) is 4.79 Å². The SMILES string of the molecule is COc1ccc(OC)c([C@@H](C)NC(=O)Nn2cnc3ccccc32)c1. The van der Waals surface area contributed by atoms with Gasteiger partial charge in [-0.3, -0.25) is 0 Å². The molecule has 2 amide bonds. The Morgan fingerprint density at radius 3 is 2.72 bits per heavy atom. The summed E-state index contributed by atoms with van der Waals surface area (Å²) in [4.78, 5) is 16.6. The molecule has 0 radical (unpaired) electrons. The first-order valence-corrected chi connectivity index (χ1v) is 7.84. The minimum absolute atomic E-state index is 0.278. The number of hydrogen-bond acceptors (Lipinski definition) is 4. The van der Waals surface area contributed by atoms with E-state index in [9.17, 15) is 4.79 Å². The van der Waals surface area contributed by atoms with E-state index in [1.165, 1.54) is 0 Å². The fourth-order valence-corrected chi connectivity index (χ4v) is 2.64. The Labute approximate surface area is 145 Å². The van der Waals surface area contributed by atoms with Gasteiger partial charge >= 0.3 is 6.03 Å². The second-order valence-electron chi connectivity index (χ2n) is 5.52. The monoisotopic (exact) mass is 340 g/mol. The number of nitrogens with one attached hydrogen (secondary N) is 2. The van der Waals surface area contributed by atoms with Crippen LogP contribution < -0.4 is 20.2 Å². The molecule has 1 aromatic heterocycles. The van der Waals surface area contributed by atoms with E-state index in [1.807, 2.05) is 49.4 Å². The molecular weight excluding hydrogens is 320 g/mol. The average Bonchev–Trinajstić information content (AvgIpc) is 3.04. The Morgan fingerprint density at radius 2 is 1.96 bits per heavy atom. The van der Waals surface area contributed by atoms with E-state index in [0.717, 1.165) is 16.6 Å². The van der Waals surface area contributed by atoms with Crippen LogP contribution in [0.5, 0.6) is 11.5 Å². The predicted molar refractivity (Wildman–Crippen MR) is 95.6 cm³/mol.